The number of fused-ring (bicyclic) bond motifs is 2. The maximum Gasteiger partial charge on any atom is 0.416 e. The Balaban J connectivity index is 0.705. The summed E-state index contributed by atoms with van der Waals surface area (Å²) in [5.41, 5.74) is -0.137. The fourth-order valence-electron chi connectivity index (χ4n) is 11.0. The van der Waals surface area contributed by atoms with E-state index in [2.05, 4.69) is 45.7 Å². The summed E-state index contributed by atoms with van der Waals surface area (Å²) < 4.78 is 89.9. The van der Waals surface area contributed by atoms with E-state index in [-0.39, 0.29) is 70.9 Å². The second kappa shape index (κ2) is 20.1. The summed E-state index contributed by atoms with van der Waals surface area (Å²) in [5, 5.41) is 12.4. The van der Waals surface area contributed by atoms with E-state index in [1.54, 1.807) is 35.0 Å². The summed E-state index contributed by atoms with van der Waals surface area (Å²) in [5.74, 6) is 0.622. The first kappa shape index (κ1) is 49.5. The van der Waals surface area contributed by atoms with Crippen LogP contribution in [-0.4, -0.2) is 124 Å². The molecule has 6 aromatic rings. The highest BCUT2D eigenvalue weighted by atomic mass is 32.1. The van der Waals surface area contributed by atoms with Gasteiger partial charge in [0.25, 0.3) is 5.82 Å². The highest BCUT2D eigenvalue weighted by Crippen LogP contribution is 2.43. The monoisotopic (exact) mass is 1020 g/mol. The van der Waals surface area contributed by atoms with Crippen LogP contribution in [0.25, 0.3) is 27.6 Å². The molecule has 0 radical (unpaired) electrons. The largest absolute Gasteiger partial charge is 0.416 e. The van der Waals surface area contributed by atoms with Crippen molar-refractivity contribution in [3.05, 3.63) is 101 Å². The maximum atomic E-state index is 14.1. The average molecular weight is 1020 g/mol. The van der Waals surface area contributed by atoms with E-state index in [1.807, 2.05) is 29.9 Å². The van der Waals surface area contributed by atoms with Gasteiger partial charge in [-0.3, -0.25) is 19.4 Å². The minimum atomic E-state index is -4.59. The van der Waals surface area contributed by atoms with Gasteiger partial charge in [-0.25, -0.2) is 15.0 Å². The number of rotatable bonds is 14. The molecular formula is C50H55F6N12O3S+. The molecule has 4 fully saturated rings. The zero-order valence-corrected chi connectivity index (χ0v) is 40.5. The lowest BCUT2D eigenvalue weighted by atomic mass is 9.80. The van der Waals surface area contributed by atoms with Gasteiger partial charge in [0.2, 0.25) is 24.0 Å². The van der Waals surface area contributed by atoms with E-state index in [0.717, 1.165) is 99.3 Å². The Labute approximate surface area is 415 Å². The van der Waals surface area contributed by atoms with E-state index in [0.29, 0.717) is 42.0 Å². The number of thiazole rings is 1. The Morgan fingerprint density at radius 3 is 2.07 bits per heavy atom. The molecule has 2 saturated carbocycles. The van der Waals surface area contributed by atoms with Crippen LogP contribution in [-0.2, 0) is 32.3 Å². The van der Waals surface area contributed by atoms with Crippen LogP contribution in [0.15, 0.2) is 79.0 Å². The Hall–Kier alpha value is -6.10. The number of pyridine rings is 1. The summed E-state index contributed by atoms with van der Waals surface area (Å²) in [4.78, 5) is 54.5. The number of alkyl halides is 6. The number of amides is 2. The quantitative estimate of drug-likeness (QED) is 0.0760. The van der Waals surface area contributed by atoms with Crippen molar-refractivity contribution in [1.82, 2.24) is 45.4 Å². The number of hydrogen-bond acceptors (Lipinski definition) is 13. The molecule has 380 valence electrons. The molecule has 10 rings (SSSR count). The van der Waals surface area contributed by atoms with Gasteiger partial charge < -0.3 is 25.6 Å². The van der Waals surface area contributed by atoms with E-state index in [4.69, 9.17) is 9.72 Å². The third kappa shape index (κ3) is 10.4. The number of methoxy groups -OCH3 is 1. The molecule has 4 aliphatic rings. The van der Waals surface area contributed by atoms with Crippen molar-refractivity contribution < 1.29 is 45.2 Å². The number of aromatic nitrogens is 6. The van der Waals surface area contributed by atoms with Crippen molar-refractivity contribution in [2.45, 2.75) is 99.4 Å². The molecule has 22 heteroatoms. The molecule has 2 amide bonds. The van der Waals surface area contributed by atoms with Crippen LogP contribution in [0.2, 0.25) is 0 Å². The molecular weight excluding hydrogens is 963 g/mol. The number of nitrogens with zero attached hydrogens (tertiary/aromatic N) is 9. The molecule has 4 aromatic heterocycles. The minimum absolute atomic E-state index is 0.0267. The van der Waals surface area contributed by atoms with Crippen LogP contribution in [0.4, 0.5) is 38.0 Å². The molecule has 0 atom stereocenters. The highest BCUT2D eigenvalue weighted by molar-refractivity contribution is 7.09. The van der Waals surface area contributed by atoms with Crippen LogP contribution in [0.1, 0.15) is 79.0 Å². The van der Waals surface area contributed by atoms with Gasteiger partial charge in [-0.15, -0.1) is 16.3 Å². The second-order valence-electron chi connectivity index (χ2n) is 19.5. The van der Waals surface area contributed by atoms with E-state index in [1.165, 1.54) is 24.8 Å². The summed E-state index contributed by atoms with van der Waals surface area (Å²) >= 11 is 1.62. The van der Waals surface area contributed by atoms with Gasteiger partial charge in [-0.05, 0) is 105 Å². The summed E-state index contributed by atoms with van der Waals surface area (Å²) in [6, 6.07) is 11.3. The van der Waals surface area contributed by atoms with Crippen molar-refractivity contribution in [2.75, 3.05) is 63.6 Å². The van der Waals surface area contributed by atoms with E-state index in [9.17, 15) is 35.9 Å². The summed E-state index contributed by atoms with van der Waals surface area (Å²) in [6.45, 7) is 2.59. The topological polar surface area (TPSA) is 158 Å². The van der Waals surface area contributed by atoms with Crippen molar-refractivity contribution >= 4 is 56.6 Å². The molecule has 3 N–H and O–H groups in total. The van der Waals surface area contributed by atoms with E-state index < -0.39 is 23.5 Å². The van der Waals surface area contributed by atoms with Crippen LogP contribution in [0, 0.1) is 0 Å². The zero-order chi connectivity index (χ0) is 50.4. The predicted molar refractivity (Wildman–Crippen MR) is 257 cm³/mol. The van der Waals surface area contributed by atoms with Gasteiger partial charge in [-0.2, -0.15) is 30.9 Å². The SMILES string of the molecule is COC1(c2nccs2)CCC(N2CC(NC(=O)CN(C)c3nc[n+](-c4ccc(C5CCC(N6CC(NC(=O)CNc7ncnc8ccc(C(F)(F)F)cc78)C6)CC5)cn4)c4ccc(C(F)(F)F)cc34)C2)CC1. The molecule has 2 aliphatic carbocycles. The van der Waals surface area contributed by atoms with Crippen LogP contribution in [0.3, 0.4) is 0 Å². The van der Waals surface area contributed by atoms with Crippen molar-refractivity contribution in [2.24, 2.45) is 0 Å². The van der Waals surface area contributed by atoms with E-state index >= 15 is 0 Å². The van der Waals surface area contributed by atoms with Crippen LogP contribution in [0.5, 0.6) is 0 Å². The zero-order valence-electron chi connectivity index (χ0n) is 39.7. The number of likely N-dealkylation sites (tertiary alicyclic amines) is 2. The first-order chi connectivity index (χ1) is 34.5. The molecule has 2 aliphatic heterocycles. The fourth-order valence-corrected chi connectivity index (χ4v) is 11.8. The van der Waals surface area contributed by atoms with Gasteiger partial charge in [0.05, 0.1) is 47.2 Å². The number of hydrogen-bond donors (Lipinski definition) is 3. The number of carbonyl (C=O) groups is 2. The lowest BCUT2D eigenvalue weighted by Crippen LogP contribution is -2.63. The second-order valence-corrected chi connectivity index (χ2v) is 20.4. The predicted octanol–water partition coefficient (Wildman–Crippen LogP) is 7.00. The highest BCUT2D eigenvalue weighted by Gasteiger charge is 2.43. The molecule has 6 heterocycles. The van der Waals surface area contributed by atoms with Crippen LogP contribution >= 0.6 is 11.3 Å². The third-order valence-corrected chi connectivity index (χ3v) is 15.9. The normalized spacial score (nSPS) is 22.6. The first-order valence-corrected chi connectivity index (χ1v) is 25.1. The smallest absolute Gasteiger partial charge is 0.371 e. The average Bonchev–Trinajstić information content (AvgIpc) is 3.91. The summed E-state index contributed by atoms with van der Waals surface area (Å²) in [6.07, 6.45) is 4.76. The van der Waals surface area contributed by atoms with Crippen LogP contribution < -0.4 is 25.4 Å². The number of halogens is 6. The van der Waals surface area contributed by atoms with Gasteiger partial charge in [-0.1, -0.05) is 4.98 Å². The Morgan fingerprint density at radius 2 is 1.44 bits per heavy atom. The molecule has 2 aromatic carbocycles. The Bertz CT molecular complexity index is 2900. The van der Waals surface area contributed by atoms with Gasteiger partial charge >= 0.3 is 12.4 Å². The lowest BCUT2D eigenvalue weighted by Gasteiger charge is -2.48. The third-order valence-electron chi connectivity index (χ3n) is 15.0. The molecule has 0 bridgehead atoms. The minimum Gasteiger partial charge on any atom is -0.371 e. The van der Waals surface area contributed by atoms with Crippen molar-refractivity contribution in [1.29, 1.82) is 0 Å². The van der Waals surface area contributed by atoms with Gasteiger partial charge in [0.1, 0.15) is 34.5 Å². The fraction of sp³-hybridized carbons (Fsp3) is 0.480. The van der Waals surface area contributed by atoms with Gasteiger partial charge in [0.15, 0.2) is 0 Å². The Morgan fingerprint density at radius 1 is 0.792 bits per heavy atom. The molecule has 0 unspecified atom stereocenters. The van der Waals surface area contributed by atoms with Gasteiger partial charge in [0, 0.05) is 75.4 Å². The number of carbonyl (C=O) groups excluding carboxylic acids is 2. The van der Waals surface area contributed by atoms with Crippen molar-refractivity contribution in [3.63, 3.8) is 0 Å². The lowest BCUT2D eigenvalue weighted by molar-refractivity contribution is -0.574. The number of benzene rings is 2. The molecule has 15 nitrogen and oxygen atoms in total. The number of likely N-dealkylation sites (N-methyl/N-ethyl adjacent to an activating group) is 1. The molecule has 72 heavy (non-hydrogen) atoms. The number of nitrogens with one attached hydrogen (secondary N) is 3. The Kier molecular flexibility index (Phi) is 13.8. The standard InChI is InChI=1S/C50H54F6N12O3S/c1-65(27-44(70)64-35-25-67(26-35)37-13-15-48(71-2,16-14-37)47-57-17-18-72-47)46-39-20-33(50(54,55)56)7-11-41(39)68(29-62-46)42-12-5-31(21-58-42)30-3-8-36(9-4-30)66-23-34(24-66)63-43(69)22-59-45-38-19-32(49(51,52)53)6-10-40(38)60-28-61-45/h5-7,10-12,17-21,28-30,34-37H,3-4,8-9,13-16,22-27H2,1-2H3,(H2-,59,60,61,63,64,69,70)/p+1. The number of anilines is 2. The summed E-state index contributed by atoms with van der Waals surface area (Å²) in [7, 11) is 3.40. The number of ether oxygens (including phenoxy) is 1. The maximum absolute atomic E-state index is 14.1. The first-order valence-electron chi connectivity index (χ1n) is 24.2. The molecule has 2 saturated heterocycles. The van der Waals surface area contributed by atoms with Crippen molar-refractivity contribution in [3.8, 4) is 5.82 Å². The molecule has 0 spiro atoms.